The summed E-state index contributed by atoms with van der Waals surface area (Å²) in [5.41, 5.74) is 5.20. The predicted molar refractivity (Wildman–Crippen MR) is 167 cm³/mol. The number of benzene rings is 4. The Balaban J connectivity index is 1.06. The second-order valence-corrected chi connectivity index (χ2v) is 13.7. The fraction of sp³-hybridized carbons (Fsp3) is 0.0909. The predicted octanol–water partition coefficient (Wildman–Crippen LogP) is 5.33. The van der Waals surface area contributed by atoms with Gasteiger partial charge in [-0.2, -0.15) is 0 Å². The molecule has 2 heterocycles. The van der Waals surface area contributed by atoms with Crippen LogP contribution in [0, 0.1) is 0 Å². The molecule has 0 bridgehead atoms. The van der Waals surface area contributed by atoms with Gasteiger partial charge in [0.25, 0.3) is 0 Å². The molecule has 0 unspecified atom stereocenters. The zero-order valence-electron chi connectivity index (χ0n) is 23.0. The number of pyridine rings is 2. The quantitative estimate of drug-likeness (QED) is 0.217. The van der Waals surface area contributed by atoms with E-state index in [1.807, 2.05) is 60.7 Å². The number of nitrogens with one attached hydrogen (secondary N) is 2. The van der Waals surface area contributed by atoms with Gasteiger partial charge < -0.3 is 0 Å². The molecular formula is C33H28N4O4S2. The van der Waals surface area contributed by atoms with Gasteiger partial charge in [-0.25, -0.2) is 26.3 Å². The maximum absolute atomic E-state index is 12.9. The van der Waals surface area contributed by atoms with Crippen molar-refractivity contribution in [2.24, 2.45) is 0 Å². The molecule has 6 aromatic rings. The van der Waals surface area contributed by atoms with Gasteiger partial charge in [0, 0.05) is 36.3 Å². The third-order valence-electron chi connectivity index (χ3n) is 7.14. The first kappa shape index (κ1) is 28.6. The second kappa shape index (κ2) is 12.0. The van der Waals surface area contributed by atoms with Gasteiger partial charge in [-0.05, 0) is 89.3 Å². The molecule has 0 radical (unpaired) electrons. The summed E-state index contributed by atoms with van der Waals surface area (Å²) in [6, 6.07) is 32.2. The van der Waals surface area contributed by atoms with E-state index in [9.17, 15) is 16.8 Å². The summed E-state index contributed by atoms with van der Waals surface area (Å²) >= 11 is 0. The van der Waals surface area contributed by atoms with E-state index in [1.165, 1.54) is 0 Å². The summed E-state index contributed by atoms with van der Waals surface area (Å²) in [5.74, 6) is 0. The van der Waals surface area contributed by atoms with Gasteiger partial charge in [0.15, 0.2) is 0 Å². The normalized spacial score (nSPS) is 12.1. The highest BCUT2D eigenvalue weighted by Gasteiger charge is 2.16. The summed E-state index contributed by atoms with van der Waals surface area (Å²) in [4.78, 5) is 8.92. The lowest BCUT2D eigenvalue weighted by Crippen LogP contribution is -2.23. The molecule has 10 heteroatoms. The molecule has 0 saturated carbocycles. The third kappa shape index (κ3) is 6.79. The van der Waals surface area contributed by atoms with Gasteiger partial charge in [-0.1, -0.05) is 48.5 Å². The van der Waals surface area contributed by atoms with Crippen LogP contribution in [0.5, 0.6) is 0 Å². The van der Waals surface area contributed by atoms with Crippen LogP contribution in [0.4, 0.5) is 0 Å². The lowest BCUT2D eigenvalue weighted by atomic mass is 10.1. The molecular weight excluding hydrogens is 581 g/mol. The van der Waals surface area contributed by atoms with Crippen molar-refractivity contribution in [2.45, 2.75) is 29.3 Å². The Kier molecular flexibility index (Phi) is 8.00. The van der Waals surface area contributed by atoms with Gasteiger partial charge >= 0.3 is 0 Å². The van der Waals surface area contributed by atoms with E-state index in [0.717, 1.165) is 44.1 Å². The molecule has 2 N–H and O–H groups in total. The van der Waals surface area contributed by atoms with Crippen molar-refractivity contribution < 1.29 is 16.8 Å². The van der Waals surface area contributed by atoms with Gasteiger partial charge in [0.2, 0.25) is 20.0 Å². The zero-order valence-corrected chi connectivity index (χ0v) is 24.6. The van der Waals surface area contributed by atoms with Gasteiger partial charge in [0.1, 0.15) is 0 Å². The smallest absolute Gasteiger partial charge is 0.240 e. The van der Waals surface area contributed by atoms with Crippen molar-refractivity contribution in [1.29, 1.82) is 0 Å². The van der Waals surface area contributed by atoms with E-state index in [-0.39, 0.29) is 22.9 Å². The lowest BCUT2D eigenvalue weighted by molar-refractivity contribution is 0.579. The van der Waals surface area contributed by atoms with Crippen LogP contribution in [0.1, 0.15) is 22.3 Å². The number of sulfonamides is 2. The monoisotopic (exact) mass is 608 g/mol. The van der Waals surface area contributed by atoms with Crippen molar-refractivity contribution in [1.82, 2.24) is 19.4 Å². The van der Waals surface area contributed by atoms with E-state index < -0.39 is 20.0 Å². The van der Waals surface area contributed by atoms with E-state index in [1.54, 1.807) is 60.9 Å². The first-order valence-electron chi connectivity index (χ1n) is 13.6. The molecule has 2 aromatic heterocycles. The molecule has 43 heavy (non-hydrogen) atoms. The van der Waals surface area contributed by atoms with Gasteiger partial charge in [0.05, 0.1) is 20.8 Å². The highest BCUT2D eigenvalue weighted by atomic mass is 32.2. The largest absolute Gasteiger partial charge is 0.256 e. The van der Waals surface area contributed by atoms with Crippen LogP contribution in [-0.2, 0) is 39.6 Å². The molecule has 216 valence electrons. The molecule has 0 spiro atoms. The number of hydrogen-bond donors (Lipinski definition) is 2. The maximum atomic E-state index is 12.9. The van der Waals surface area contributed by atoms with Crippen LogP contribution >= 0.6 is 0 Å². The van der Waals surface area contributed by atoms with E-state index in [2.05, 4.69) is 19.4 Å². The first-order chi connectivity index (χ1) is 20.7. The van der Waals surface area contributed by atoms with Crippen molar-refractivity contribution >= 4 is 41.9 Å². The average molecular weight is 609 g/mol. The van der Waals surface area contributed by atoms with E-state index in [0.29, 0.717) is 6.42 Å². The first-order valence-corrected chi connectivity index (χ1v) is 16.6. The Morgan fingerprint density at radius 1 is 0.488 bits per heavy atom. The SMILES string of the molecule is O=S(=O)(NCc1ccc2ncccc2c1)c1ccc(Cc2ccc(S(=O)(=O)NCc3ccc4ncccc4c3)cc2)cc1. The summed E-state index contributed by atoms with van der Waals surface area (Å²) in [5, 5.41) is 1.90. The molecule has 0 aliphatic rings. The Morgan fingerprint density at radius 3 is 1.30 bits per heavy atom. The number of fused-ring (bicyclic) bond motifs is 2. The summed E-state index contributed by atoms with van der Waals surface area (Å²) < 4.78 is 56.9. The minimum atomic E-state index is -3.70. The minimum Gasteiger partial charge on any atom is -0.256 e. The molecule has 8 nitrogen and oxygen atoms in total. The third-order valence-corrected chi connectivity index (χ3v) is 9.98. The van der Waals surface area contributed by atoms with Crippen LogP contribution in [0.3, 0.4) is 0 Å². The highest BCUT2D eigenvalue weighted by molar-refractivity contribution is 7.89. The lowest BCUT2D eigenvalue weighted by Gasteiger charge is -2.10. The van der Waals surface area contributed by atoms with Crippen LogP contribution < -0.4 is 9.44 Å². The summed E-state index contributed by atoms with van der Waals surface area (Å²) in [7, 11) is -7.40. The maximum Gasteiger partial charge on any atom is 0.240 e. The molecule has 4 aromatic carbocycles. The Hall–Kier alpha value is -4.48. The van der Waals surface area contributed by atoms with E-state index >= 15 is 0 Å². The molecule has 6 rings (SSSR count). The Bertz CT molecular complexity index is 1980. The van der Waals surface area contributed by atoms with Crippen LogP contribution in [0.25, 0.3) is 21.8 Å². The fourth-order valence-corrected chi connectivity index (χ4v) is 6.84. The summed E-state index contributed by atoms with van der Waals surface area (Å²) in [6.07, 6.45) is 3.97. The van der Waals surface area contributed by atoms with Gasteiger partial charge in [-0.15, -0.1) is 0 Å². The Morgan fingerprint density at radius 2 is 0.884 bits per heavy atom. The van der Waals surface area contributed by atoms with Crippen molar-refractivity contribution in [2.75, 3.05) is 0 Å². The average Bonchev–Trinajstić information content (AvgIpc) is 3.03. The molecule has 0 atom stereocenters. The van der Waals surface area contributed by atoms with Crippen molar-refractivity contribution in [3.05, 3.63) is 144 Å². The van der Waals surface area contributed by atoms with Crippen LogP contribution in [-0.4, -0.2) is 26.8 Å². The number of rotatable bonds is 10. The highest BCUT2D eigenvalue weighted by Crippen LogP contribution is 2.19. The van der Waals surface area contributed by atoms with Crippen LogP contribution in [0.2, 0.25) is 0 Å². The number of nitrogens with zero attached hydrogens (tertiary/aromatic N) is 2. The summed E-state index contributed by atoms with van der Waals surface area (Å²) in [6.45, 7) is 0.331. The molecule has 0 fully saturated rings. The fourth-order valence-electron chi connectivity index (χ4n) is 4.80. The van der Waals surface area contributed by atoms with E-state index in [4.69, 9.17) is 0 Å². The van der Waals surface area contributed by atoms with Gasteiger partial charge in [-0.3, -0.25) is 9.97 Å². The second-order valence-electron chi connectivity index (χ2n) is 10.2. The van der Waals surface area contributed by atoms with Crippen LogP contribution in [0.15, 0.2) is 131 Å². The topological polar surface area (TPSA) is 118 Å². The molecule has 0 saturated heterocycles. The standard InChI is InChI=1S/C33H28N4O4S2/c38-42(39,36-22-26-9-15-32-28(20-26)3-1-17-34-32)30-11-5-24(6-12-30)19-25-7-13-31(14-8-25)43(40,41)37-23-27-10-16-33-29(21-27)4-2-18-35-33/h1-18,20-21,36-37H,19,22-23H2. The molecule has 0 amide bonds. The zero-order chi connectivity index (χ0) is 29.9. The minimum absolute atomic E-state index is 0.165. The number of hydrogen-bond acceptors (Lipinski definition) is 6. The molecule has 0 aliphatic carbocycles. The number of aromatic nitrogens is 2. The van der Waals surface area contributed by atoms with Crippen molar-refractivity contribution in [3.63, 3.8) is 0 Å². The molecule has 0 aliphatic heterocycles. The Labute approximate surface area is 250 Å². The van der Waals surface area contributed by atoms with Crippen molar-refractivity contribution in [3.8, 4) is 0 Å².